The molecular weight excluding hydrogens is 243 g/mol. The Balaban J connectivity index is 2.29. The van der Waals surface area contributed by atoms with Crippen LogP contribution in [0.15, 0.2) is 30.6 Å². The summed E-state index contributed by atoms with van der Waals surface area (Å²) in [6.45, 7) is 1.93. The second-order valence-corrected chi connectivity index (χ2v) is 3.72. The van der Waals surface area contributed by atoms with E-state index in [1.807, 2.05) is 6.92 Å². The highest BCUT2D eigenvalue weighted by molar-refractivity contribution is 6.30. The zero-order valence-corrected chi connectivity index (χ0v) is 9.91. The zero-order valence-electron chi connectivity index (χ0n) is 9.15. The third-order valence-corrected chi connectivity index (χ3v) is 2.56. The van der Waals surface area contributed by atoms with E-state index in [-0.39, 0.29) is 5.82 Å². The molecule has 0 saturated heterocycles. The van der Waals surface area contributed by atoms with Gasteiger partial charge in [0, 0.05) is 0 Å². The molecule has 2 aromatic rings. The van der Waals surface area contributed by atoms with Gasteiger partial charge in [0.1, 0.15) is 23.0 Å². The summed E-state index contributed by atoms with van der Waals surface area (Å²) in [5.74, 6) is 0.601. The predicted octanol–water partition coefficient (Wildman–Crippen LogP) is 3.62. The van der Waals surface area contributed by atoms with E-state index in [0.717, 1.165) is 5.56 Å². The van der Waals surface area contributed by atoms with Crippen LogP contribution in [0.2, 0.25) is 5.15 Å². The van der Waals surface area contributed by atoms with Crippen LogP contribution in [0.1, 0.15) is 12.5 Å². The molecule has 0 aliphatic rings. The molecule has 0 saturated carbocycles. The fraction of sp³-hybridized carbons (Fsp3) is 0.167. The van der Waals surface area contributed by atoms with Gasteiger partial charge >= 0.3 is 0 Å². The highest BCUT2D eigenvalue weighted by Crippen LogP contribution is 2.27. The van der Waals surface area contributed by atoms with E-state index in [1.54, 1.807) is 0 Å². The van der Waals surface area contributed by atoms with E-state index in [1.165, 1.54) is 30.6 Å². The molecule has 88 valence electrons. The molecule has 0 bridgehead atoms. The van der Waals surface area contributed by atoms with E-state index < -0.39 is 0 Å². The van der Waals surface area contributed by atoms with Crippen LogP contribution >= 0.6 is 11.6 Å². The average molecular weight is 253 g/mol. The van der Waals surface area contributed by atoms with Gasteiger partial charge in [-0.2, -0.15) is 0 Å². The Morgan fingerprint density at radius 3 is 2.59 bits per heavy atom. The molecule has 5 heteroatoms. The molecular formula is C12H10ClFN2O. The summed E-state index contributed by atoms with van der Waals surface area (Å²) in [5.41, 5.74) is 0.735. The van der Waals surface area contributed by atoms with Gasteiger partial charge in [-0.25, -0.2) is 14.4 Å². The van der Waals surface area contributed by atoms with E-state index in [4.69, 9.17) is 16.3 Å². The molecule has 0 unspecified atom stereocenters. The first-order valence-electron chi connectivity index (χ1n) is 5.13. The first kappa shape index (κ1) is 11.8. The van der Waals surface area contributed by atoms with Crippen molar-refractivity contribution in [2.45, 2.75) is 13.3 Å². The summed E-state index contributed by atoms with van der Waals surface area (Å²) in [6.07, 6.45) is 2.00. The Labute approximate surface area is 103 Å². The molecule has 17 heavy (non-hydrogen) atoms. The lowest BCUT2D eigenvalue weighted by Gasteiger charge is -2.09. The topological polar surface area (TPSA) is 35.0 Å². The highest BCUT2D eigenvalue weighted by Gasteiger charge is 2.10. The quantitative estimate of drug-likeness (QED) is 0.783. The molecule has 0 atom stereocenters. The Bertz CT molecular complexity index is 516. The van der Waals surface area contributed by atoms with E-state index in [9.17, 15) is 4.39 Å². The molecule has 2 rings (SSSR count). The Morgan fingerprint density at radius 2 is 1.94 bits per heavy atom. The number of hydrogen-bond acceptors (Lipinski definition) is 3. The van der Waals surface area contributed by atoms with Crippen molar-refractivity contribution in [2.24, 2.45) is 0 Å². The number of hydrogen-bond donors (Lipinski definition) is 0. The number of halogens is 2. The summed E-state index contributed by atoms with van der Waals surface area (Å²) in [7, 11) is 0. The smallest absolute Gasteiger partial charge is 0.226 e. The van der Waals surface area contributed by atoms with Crippen molar-refractivity contribution in [3.05, 3.63) is 47.1 Å². The van der Waals surface area contributed by atoms with E-state index in [2.05, 4.69) is 9.97 Å². The number of rotatable bonds is 3. The molecule has 1 aromatic heterocycles. The molecule has 0 aliphatic heterocycles. The first-order valence-corrected chi connectivity index (χ1v) is 5.51. The Morgan fingerprint density at radius 1 is 1.24 bits per heavy atom. The maximum Gasteiger partial charge on any atom is 0.226 e. The van der Waals surface area contributed by atoms with Crippen molar-refractivity contribution in [1.82, 2.24) is 9.97 Å². The van der Waals surface area contributed by atoms with Crippen molar-refractivity contribution < 1.29 is 9.13 Å². The van der Waals surface area contributed by atoms with Crippen LogP contribution < -0.4 is 4.74 Å². The second-order valence-electron chi connectivity index (χ2n) is 3.36. The van der Waals surface area contributed by atoms with E-state index in [0.29, 0.717) is 23.2 Å². The SMILES string of the molecule is CCc1c(Cl)ncnc1Oc1ccc(F)cc1. The molecule has 1 aromatic carbocycles. The highest BCUT2D eigenvalue weighted by atomic mass is 35.5. The molecule has 3 nitrogen and oxygen atoms in total. The maximum absolute atomic E-state index is 12.7. The first-order chi connectivity index (χ1) is 8.20. The number of nitrogens with zero attached hydrogens (tertiary/aromatic N) is 2. The minimum absolute atomic E-state index is 0.311. The zero-order chi connectivity index (χ0) is 12.3. The Kier molecular flexibility index (Phi) is 3.54. The lowest BCUT2D eigenvalue weighted by Crippen LogP contribution is -1.96. The lowest BCUT2D eigenvalue weighted by molar-refractivity contribution is 0.453. The van der Waals surface area contributed by atoms with Crippen molar-refractivity contribution >= 4 is 11.6 Å². The van der Waals surface area contributed by atoms with Gasteiger partial charge in [-0.15, -0.1) is 0 Å². The van der Waals surface area contributed by atoms with Gasteiger partial charge < -0.3 is 4.74 Å². The summed E-state index contributed by atoms with van der Waals surface area (Å²) in [6, 6.07) is 5.71. The molecule has 1 heterocycles. The monoisotopic (exact) mass is 252 g/mol. The fourth-order valence-corrected chi connectivity index (χ4v) is 1.63. The minimum Gasteiger partial charge on any atom is -0.439 e. The van der Waals surface area contributed by atoms with Crippen molar-refractivity contribution in [3.8, 4) is 11.6 Å². The second kappa shape index (κ2) is 5.10. The van der Waals surface area contributed by atoms with Gasteiger partial charge in [-0.1, -0.05) is 18.5 Å². The maximum atomic E-state index is 12.7. The van der Waals surface area contributed by atoms with Crippen molar-refractivity contribution in [3.63, 3.8) is 0 Å². The molecule has 0 radical (unpaired) electrons. The molecule has 0 aliphatic carbocycles. The van der Waals surface area contributed by atoms with Gasteiger partial charge in [0.2, 0.25) is 5.88 Å². The van der Waals surface area contributed by atoms with Crippen LogP contribution in [0.5, 0.6) is 11.6 Å². The minimum atomic E-state index is -0.311. The van der Waals surface area contributed by atoms with Gasteiger partial charge in [0.25, 0.3) is 0 Å². The van der Waals surface area contributed by atoms with Crippen molar-refractivity contribution in [1.29, 1.82) is 0 Å². The van der Waals surface area contributed by atoms with Crippen LogP contribution in [0.25, 0.3) is 0 Å². The molecule has 0 N–H and O–H groups in total. The predicted molar refractivity (Wildman–Crippen MR) is 62.9 cm³/mol. The number of ether oxygens (including phenoxy) is 1. The summed E-state index contributed by atoms with van der Waals surface area (Å²) in [5, 5.41) is 0.375. The standard InChI is InChI=1S/C12H10ClFN2O/c1-2-10-11(13)15-7-16-12(10)17-9-5-3-8(14)4-6-9/h3-7H,2H2,1H3. The largest absolute Gasteiger partial charge is 0.439 e. The van der Waals surface area contributed by atoms with Crippen LogP contribution in [0, 0.1) is 5.82 Å². The molecule has 0 spiro atoms. The summed E-state index contributed by atoms with van der Waals surface area (Å²) < 4.78 is 18.3. The lowest BCUT2D eigenvalue weighted by atomic mass is 10.2. The molecule has 0 fully saturated rings. The van der Waals surface area contributed by atoms with Crippen LogP contribution in [-0.4, -0.2) is 9.97 Å². The van der Waals surface area contributed by atoms with Gasteiger partial charge in [0.15, 0.2) is 0 Å². The average Bonchev–Trinajstić information content (AvgIpc) is 2.32. The Hall–Kier alpha value is -1.68. The van der Waals surface area contributed by atoms with Gasteiger partial charge in [-0.3, -0.25) is 0 Å². The van der Waals surface area contributed by atoms with E-state index >= 15 is 0 Å². The van der Waals surface area contributed by atoms with Crippen LogP contribution in [0.3, 0.4) is 0 Å². The third kappa shape index (κ3) is 2.71. The van der Waals surface area contributed by atoms with Gasteiger partial charge in [-0.05, 0) is 30.7 Å². The van der Waals surface area contributed by atoms with Crippen molar-refractivity contribution in [2.75, 3.05) is 0 Å². The molecule has 0 amide bonds. The summed E-state index contributed by atoms with van der Waals surface area (Å²) in [4.78, 5) is 7.90. The number of aromatic nitrogens is 2. The third-order valence-electron chi connectivity index (χ3n) is 2.23. The van der Waals surface area contributed by atoms with Crippen LogP contribution in [0.4, 0.5) is 4.39 Å². The summed E-state index contributed by atoms with van der Waals surface area (Å²) >= 11 is 5.93. The number of benzene rings is 1. The normalized spacial score (nSPS) is 10.3. The fourth-order valence-electron chi connectivity index (χ4n) is 1.38. The van der Waals surface area contributed by atoms with Gasteiger partial charge in [0.05, 0.1) is 5.56 Å². The van der Waals surface area contributed by atoms with Crippen LogP contribution in [-0.2, 0) is 6.42 Å².